The topological polar surface area (TPSA) is 36.4 Å². The molecule has 0 amide bonds. The highest BCUT2D eigenvalue weighted by Gasteiger charge is 2.16. The van der Waals surface area contributed by atoms with E-state index in [2.05, 4.69) is 9.88 Å². The van der Waals surface area contributed by atoms with E-state index >= 15 is 0 Å². The number of aromatic nitrogens is 1. The Morgan fingerprint density at radius 1 is 1.54 bits per heavy atom. The summed E-state index contributed by atoms with van der Waals surface area (Å²) in [5.41, 5.74) is 0.942. The van der Waals surface area contributed by atoms with Gasteiger partial charge in [-0.05, 0) is 31.0 Å². The SMILES string of the molecule is CC(O)c1ccnc(N2CCC2)c1. The smallest absolute Gasteiger partial charge is 0.128 e. The van der Waals surface area contributed by atoms with Gasteiger partial charge in [0, 0.05) is 19.3 Å². The van der Waals surface area contributed by atoms with Crippen molar-refractivity contribution in [1.29, 1.82) is 0 Å². The van der Waals surface area contributed by atoms with Crippen LogP contribution in [-0.4, -0.2) is 23.2 Å². The van der Waals surface area contributed by atoms with Gasteiger partial charge >= 0.3 is 0 Å². The number of aliphatic hydroxyl groups excluding tert-OH is 1. The van der Waals surface area contributed by atoms with Gasteiger partial charge in [-0.3, -0.25) is 0 Å². The minimum atomic E-state index is -0.400. The number of anilines is 1. The maximum atomic E-state index is 9.37. The standard InChI is InChI=1S/C10H14N2O/c1-8(13)9-3-4-11-10(7-9)12-5-2-6-12/h3-4,7-8,13H,2,5-6H2,1H3. The van der Waals surface area contributed by atoms with Crippen LogP contribution < -0.4 is 4.90 Å². The van der Waals surface area contributed by atoms with Crippen molar-refractivity contribution in [2.45, 2.75) is 19.4 Å². The van der Waals surface area contributed by atoms with Gasteiger partial charge in [-0.1, -0.05) is 0 Å². The Hall–Kier alpha value is -1.09. The zero-order valence-corrected chi connectivity index (χ0v) is 7.77. The van der Waals surface area contributed by atoms with Crippen molar-refractivity contribution in [1.82, 2.24) is 4.98 Å². The first-order chi connectivity index (χ1) is 6.27. The van der Waals surface area contributed by atoms with Crippen molar-refractivity contribution < 1.29 is 5.11 Å². The van der Waals surface area contributed by atoms with Gasteiger partial charge in [-0.25, -0.2) is 4.98 Å². The first-order valence-corrected chi connectivity index (χ1v) is 4.66. The lowest BCUT2D eigenvalue weighted by Gasteiger charge is -2.32. The molecule has 1 unspecified atom stereocenters. The minimum absolute atomic E-state index is 0.400. The van der Waals surface area contributed by atoms with Crippen LogP contribution in [0.25, 0.3) is 0 Å². The van der Waals surface area contributed by atoms with E-state index in [4.69, 9.17) is 0 Å². The predicted octanol–water partition coefficient (Wildman–Crippen LogP) is 1.34. The molecule has 0 aromatic carbocycles. The molecule has 0 saturated carbocycles. The van der Waals surface area contributed by atoms with E-state index in [0.29, 0.717) is 0 Å². The fourth-order valence-corrected chi connectivity index (χ4v) is 1.41. The maximum Gasteiger partial charge on any atom is 0.128 e. The second-order valence-corrected chi connectivity index (χ2v) is 3.46. The maximum absolute atomic E-state index is 9.37. The summed E-state index contributed by atoms with van der Waals surface area (Å²) in [6.45, 7) is 3.96. The predicted molar refractivity (Wildman–Crippen MR) is 51.7 cm³/mol. The molecule has 0 bridgehead atoms. The van der Waals surface area contributed by atoms with E-state index in [-0.39, 0.29) is 0 Å². The molecule has 1 aliphatic heterocycles. The van der Waals surface area contributed by atoms with Gasteiger partial charge in [0.25, 0.3) is 0 Å². The summed E-state index contributed by atoms with van der Waals surface area (Å²) in [4.78, 5) is 6.47. The van der Waals surface area contributed by atoms with Crippen LogP contribution in [0.5, 0.6) is 0 Å². The molecule has 70 valence electrons. The van der Waals surface area contributed by atoms with Gasteiger partial charge in [-0.15, -0.1) is 0 Å². The van der Waals surface area contributed by atoms with E-state index in [9.17, 15) is 5.11 Å². The molecule has 2 rings (SSSR count). The fraction of sp³-hybridized carbons (Fsp3) is 0.500. The Bertz CT molecular complexity index is 295. The first kappa shape index (κ1) is 8.51. The molecule has 0 radical (unpaired) electrons. The zero-order chi connectivity index (χ0) is 9.26. The van der Waals surface area contributed by atoms with Gasteiger partial charge < -0.3 is 10.0 Å². The number of rotatable bonds is 2. The highest BCUT2D eigenvalue weighted by Crippen LogP contribution is 2.21. The van der Waals surface area contributed by atoms with Crippen LogP contribution >= 0.6 is 0 Å². The number of hydrogen-bond donors (Lipinski definition) is 1. The minimum Gasteiger partial charge on any atom is -0.389 e. The van der Waals surface area contributed by atoms with Gasteiger partial charge in [0.15, 0.2) is 0 Å². The van der Waals surface area contributed by atoms with E-state index in [0.717, 1.165) is 24.5 Å². The Balaban J connectivity index is 2.21. The zero-order valence-electron chi connectivity index (χ0n) is 7.77. The molecule has 3 heteroatoms. The summed E-state index contributed by atoms with van der Waals surface area (Å²) in [6, 6.07) is 3.82. The molecule has 1 aliphatic rings. The van der Waals surface area contributed by atoms with Gasteiger partial charge in [-0.2, -0.15) is 0 Å². The summed E-state index contributed by atoms with van der Waals surface area (Å²) in [6.07, 6.45) is 2.61. The monoisotopic (exact) mass is 178 g/mol. The third-order valence-electron chi connectivity index (χ3n) is 2.43. The van der Waals surface area contributed by atoms with Crippen molar-refractivity contribution in [2.75, 3.05) is 18.0 Å². The molecule has 1 atom stereocenters. The second-order valence-electron chi connectivity index (χ2n) is 3.46. The van der Waals surface area contributed by atoms with E-state index < -0.39 is 6.10 Å². The Kier molecular flexibility index (Phi) is 2.19. The quantitative estimate of drug-likeness (QED) is 0.742. The molecule has 1 aromatic rings. The summed E-state index contributed by atoms with van der Waals surface area (Å²) < 4.78 is 0. The molecule has 1 saturated heterocycles. The molecular formula is C10H14N2O. The lowest BCUT2D eigenvalue weighted by atomic mass is 10.1. The Labute approximate surface area is 78.0 Å². The fourth-order valence-electron chi connectivity index (χ4n) is 1.41. The number of aliphatic hydroxyl groups is 1. The molecule has 2 heterocycles. The summed E-state index contributed by atoms with van der Waals surface area (Å²) in [5, 5.41) is 9.37. The molecule has 3 nitrogen and oxygen atoms in total. The average molecular weight is 178 g/mol. The Morgan fingerprint density at radius 2 is 2.31 bits per heavy atom. The summed E-state index contributed by atoms with van der Waals surface area (Å²) in [7, 11) is 0. The summed E-state index contributed by atoms with van der Waals surface area (Å²) >= 11 is 0. The van der Waals surface area contributed by atoms with E-state index in [1.807, 2.05) is 12.1 Å². The van der Waals surface area contributed by atoms with Crippen molar-refractivity contribution in [3.63, 3.8) is 0 Å². The van der Waals surface area contributed by atoms with Crippen molar-refractivity contribution in [3.8, 4) is 0 Å². The van der Waals surface area contributed by atoms with E-state index in [1.165, 1.54) is 6.42 Å². The first-order valence-electron chi connectivity index (χ1n) is 4.66. The van der Waals surface area contributed by atoms with Crippen LogP contribution in [0.4, 0.5) is 5.82 Å². The number of pyridine rings is 1. The van der Waals surface area contributed by atoms with Gasteiger partial charge in [0.2, 0.25) is 0 Å². The molecule has 1 fully saturated rings. The largest absolute Gasteiger partial charge is 0.389 e. The molecule has 0 spiro atoms. The lowest BCUT2D eigenvalue weighted by Crippen LogP contribution is -2.37. The lowest BCUT2D eigenvalue weighted by molar-refractivity contribution is 0.199. The van der Waals surface area contributed by atoms with Crippen LogP contribution in [0.2, 0.25) is 0 Å². The highest BCUT2D eigenvalue weighted by molar-refractivity contribution is 5.43. The van der Waals surface area contributed by atoms with Crippen molar-refractivity contribution in [3.05, 3.63) is 23.9 Å². The normalized spacial score (nSPS) is 18.2. The van der Waals surface area contributed by atoms with Crippen LogP contribution in [-0.2, 0) is 0 Å². The van der Waals surface area contributed by atoms with Crippen LogP contribution in [0.1, 0.15) is 25.0 Å². The molecule has 1 N–H and O–H groups in total. The second kappa shape index (κ2) is 3.34. The third-order valence-corrected chi connectivity index (χ3v) is 2.43. The highest BCUT2D eigenvalue weighted by atomic mass is 16.3. The molecule has 0 aliphatic carbocycles. The van der Waals surface area contributed by atoms with Crippen molar-refractivity contribution in [2.24, 2.45) is 0 Å². The van der Waals surface area contributed by atoms with Gasteiger partial charge in [0.1, 0.15) is 5.82 Å². The molecular weight excluding hydrogens is 164 g/mol. The van der Waals surface area contributed by atoms with Gasteiger partial charge in [0.05, 0.1) is 6.10 Å². The molecule has 1 aromatic heterocycles. The number of nitrogens with zero attached hydrogens (tertiary/aromatic N) is 2. The summed E-state index contributed by atoms with van der Waals surface area (Å²) in [5.74, 6) is 0.990. The van der Waals surface area contributed by atoms with Crippen LogP contribution in [0, 0.1) is 0 Å². The average Bonchev–Trinajstić information content (AvgIpc) is 2.01. The van der Waals surface area contributed by atoms with E-state index in [1.54, 1.807) is 13.1 Å². The molecule has 13 heavy (non-hydrogen) atoms. The van der Waals surface area contributed by atoms with Crippen molar-refractivity contribution >= 4 is 5.82 Å². The number of hydrogen-bond acceptors (Lipinski definition) is 3. The van der Waals surface area contributed by atoms with Crippen LogP contribution in [0.15, 0.2) is 18.3 Å². The third kappa shape index (κ3) is 1.65. The Morgan fingerprint density at radius 3 is 2.85 bits per heavy atom. The van der Waals surface area contributed by atoms with Crippen LogP contribution in [0.3, 0.4) is 0 Å².